The van der Waals surface area contributed by atoms with Crippen LogP contribution in [0.5, 0.6) is 0 Å². The summed E-state index contributed by atoms with van der Waals surface area (Å²) in [5, 5.41) is 2.29. The molecule has 10 nitrogen and oxygen atoms in total. The van der Waals surface area contributed by atoms with Crippen molar-refractivity contribution in [1.82, 2.24) is 16.2 Å². The molecule has 150 valence electrons. The molecule has 5 N–H and O–H groups in total. The summed E-state index contributed by atoms with van der Waals surface area (Å²) in [5.41, 5.74) is 8.79. The van der Waals surface area contributed by atoms with Crippen LogP contribution in [0.4, 0.5) is 4.79 Å². The molecule has 0 spiro atoms. The number of alkyl carbamates (subject to hydrolysis) is 1. The number of carbonyl (C=O) groups is 4. The van der Waals surface area contributed by atoms with Crippen LogP contribution in [-0.4, -0.2) is 48.2 Å². The number of rotatable bonds is 7. The van der Waals surface area contributed by atoms with Crippen LogP contribution in [0, 0.1) is 5.92 Å². The second-order valence-corrected chi connectivity index (χ2v) is 7.25. The summed E-state index contributed by atoms with van der Waals surface area (Å²) in [6.45, 7) is 10.3. The largest absolute Gasteiger partial charge is 0.465 e. The van der Waals surface area contributed by atoms with Crippen molar-refractivity contribution in [2.75, 3.05) is 6.61 Å². The van der Waals surface area contributed by atoms with Crippen molar-refractivity contribution in [2.45, 2.75) is 65.6 Å². The number of amides is 3. The zero-order valence-electron chi connectivity index (χ0n) is 16.2. The molecular formula is C16H30N4O6. The van der Waals surface area contributed by atoms with Gasteiger partial charge in [-0.1, -0.05) is 13.8 Å². The first-order valence-corrected chi connectivity index (χ1v) is 8.32. The highest BCUT2D eigenvalue weighted by Gasteiger charge is 2.27. The summed E-state index contributed by atoms with van der Waals surface area (Å²) in [5.74, 6) is -1.99. The van der Waals surface area contributed by atoms with E-state index in [4.69, 9.17) is 15.2 Å². The van der Waals surface area contributed by atoms with Crippen LogP contribution in [0.15, 0.2) is 0 Å². The Hall–Kier alpha value is -2.36. The average Bonchev–Trinajstić information content (AvgIpc) is 2.47. The molecule has 10 heteroatoms. The monoisotopic (exact) mass is 374 g/mol. The molecule has 0 fully saturated rings. The number of hydrogen-bond donors (Lipinski definition) is 4. The molecule has 0 aliphatic rings. The van der Waals surface area contributed by atoms with E-state index in [2.05, 4.69) is 16.2 Å². The maximum absolute atomic E-state index is 12.2. The predicted octanol–water partition coefficient (Wildman–Crippen LogP) is -0.0364. The second kappa shape index (κ2) is 10.6. The second-order valence-electron chi connectivity index (χ2n) is 7.25. The van der Waals surface area contributed by atoms with E-state index in [1.807, 2.05) is 13.8 Å². The number of carbonyl (C=O) groups excluding carboxylic acids is 4. The number of nitrogens with two attached hydrogens (primary N) is 1. The van der Waals surface area contributed by atoms with Crippen molar-refractivity contribution in [3.05, 3.63) is 0 Å². The van der Waals surface area contributed by atoms with Gasteiger partial charge in [0.15, 0.2) is 0 Å². The van der Waals surface area contributed by atoms with Gasteiger partial charge in [0.25, 0.3) is 11.8 Å². The van der Waals surface area contributed by atoms with Gasteiger partial charge in [-0.05, 0) is 33.6 Å². The Morgan fingerprint density at radius 1 is 1.00 bits per heavy atom. The Morgan fingerprint density at radius 3 is 2.00 bits per heavy atom. The van der Waals surface area contributed by atoms with Gasteiger partial charge in [-0.25, -0.2) is 4.79 Å². The highest BCUT2D eigenvalue weighted by Crippen LogP contribution is 2.07. The highest BCUT2D eigenvalue weighted by atomic mass is 16.6. The minimum Gasteiger partial charge on any atom is -0.465 e. The number of ether oxygens (including phenoxy) is 2. The number of hydrazine groups is 1. The van der Waals surface area contributed by atoms with Crippen LogP contribution in [0.2, 0.25) is 0 Å². The van der Waals surface area contributed by atoms with Gasteiger partial charge >= 0.3 is 12.1 Å². The van der Waals surface area contributed by atoms with E-state index in [1.165, 1.54) is 6.92 Å². The third-order valence-electron chi connectivity index (χ3n) is 2.68. The van der Waals surface area contributed by atoms with Crippen LogP contribution in [0.25, 0.3) is 0 Å². The van der Waals surface area contributed by atoms with Crippen LogP contribution in [-0.2, 0) is 23.9 Å². The SMILES string of the molecule is CC(C)COC(=O)CC(NC(=O)OC(C)(C)C)C(=O)NNC(=O)C(C)N. The lowest BCUT2D eigenvalue weighted by Crippen LogP contribution is -2.55. The maximum atomic E-state index is 12.2. The molecule has 0 saturated carbocycles. The molecular weight excluding hydrogens is 344 g/mol. The summed E-state index contributed by atoms with van der Waals surface area (Å²) < 4.78 is 10.1. The van der Waals surface area contributed by atoms with Gasteiger partial charge < -0.3 is 20.5 Å². The van der Waals surface area contributed by atoms with Crippen molar-refractivity contribution in [1.29, 1.82) is 0 Å². The standard InChI is InChI=1S/C16H30N4O6/c1-9(2)8-25-12(21)7-11(18-15(24)26-16(4,5)6)14(23)20-19-13(22)10(3)17/h9-11H,7-8,17H2,1-6H3,(H,18,24)(H,19,22)(H,20,23). The van der Waals surface area contributed by atoms with E-state index in [1.54, 1.807) is 20.8 Å². The fourth-order valence-corrected chi connectivity index (χ4v) is 1.47. The highest BCUT2D eigenvalue weighted by molar-refractivity contribution is 5.91. The third-order valence-corrected chi connectivity index (χ3v) is 2.68. The van der Waals surface area contributed by atoms with Crippen LogP contribution in [0.3, 0.4) is 0 Å². The van der Waals surface area contributed by atoms with Crippen molar-refractivity contribution in [3.8, 4) is 0 Å². The molecule has 3 amide bonds. The van der Waals surface area contributed by atoms with E-state index < -0.39 is 48.0 Å². The van der Waals surface area contributed by atoms with Gasteiger partial charge in [-0.3, -0.25) is 25.2 Å². The fourth-order valence-electron chi connectivity index (χ4n) is 1.47. The topological polar surface area (TPSA) is 149 Å². The first kappa shape index (κ1) is 23.6. The Bertz CT molecular complexity index is 513. The Morgan fingerprint density at radius 2 is 1.54 bits per heavy atom. The lowest BCUT2D eigenvalue weighted by Gasteiger charge is -2.23. The Labute approximate surface area is 153 Å². The minimum absolute atomic E-state index is 0.121. The normalized spacial score (nSPS) is 13.4. The summed E-state index contributed by atoms with van der Waals surface area (Å²) in [7, 11) is 0. The Kier molecular flexibility index (Phi) is 9.63. The van der Waals surface area contributed by atoms with Crippen molar-refractivity contribution in [2.24, 2.45) is 11.7 Å². The molecule has 2 atom stereocenters. The maximum Gasteiger partial charge on any atom is 0.408 e. The molecule has 0 bridgehead atoms. The van der Waals surface area contributed by atoms with Gasteiger partial charge in [0.1, 0.15) is 11.6 Å². The molecule has 0 aromatic heterocycles. The lowest BCUT2D eigenvalue weighted by atomic mass is 10.2. The van der Waals surface area contributed by atoms with E-state index in [-0.39, 0.29) is 12.5 Å². The summed E-state index contributed by atoms with van der Waals surface area (Å²) in [4.78, 5) is 47.4. The smallest absolute Gasteiger partial charge is 0.408 e. The number of hydrogen-bond acceptors (Lipinski definition) is 7. The van der Waals surface area contributed by atoms with E-state index >= 15 is 0 Å². The Balaban J connectivity index is 4.91. The van der Waals surface area contributed by atoms with Crippen molar-refractivity contribution in [3.63, 3.8) is 0 Å². The summed E-state index contributed by atoms with van der Waals surface area (Å²) >= 11 is 0. The van der Waals surface area contributed by atoms with Gasteiger partial charge in [-0.15, -0.1) is 0 Å². The van der Waals surface area contributed by atoms with Gasteiger partial charge in [0, 0.05) is 0 Å². The zero-order valence-corrected chi connectivity index (χ0v) is 16.2. The average molecular weight is 374 g/mol. The van der Waals surface area contributed by atoms with E-state index in [9.17, 15) is 19.2 Å². The molecule has 0 aromatic rings. The van der Waals surface area contributed by atoms with Crippen LogP contribution in [0.1, 0.15) is 48.0 Å². The molecule has 0 rings (SSSR count). The molecule has 0 saturated heterocycles. The molecule has 2 unspecified atom stereocenters. The molecule has 0 aliphatic carbocycles. The predicted molar refractivity (Wildman–Crippen MR) is 93.5 cm³/mol. The first-order chi connectivity index (χ1) is 11.8. The van der Waals surface area contributed by atoms with Gasteiger partial charge in [0.05, 0.1) is 19.1 Å². The first-order valence-electron chi connectivity index (χ1n) is 8.32. The minimum atomic E-state index is -1.29. The number of nitrogens with one attached hydrogen (secondary N) is 3. The third kappa shape index (κ3) is 11.2. The van der Waals surface area contributed by atoms with E-state index in [0.717, 1.165) is 0 Å². The van der Waals surface area contributed by atoms with Crippen LogP contribution < -0.4 is 21.9 Å². The quantitative estimate of drug-likeness (QED) is 0.361. The van der Waals surface area contributed by atoms with Crippen molar-refractivity contribution >= 4 is 23.9 Å². The molecule has 0 aliphatic heterocycles. The molecule has 0 radical (unpaired) electrons. The van der Waals surface area contributed by atoms with Crippen molar-refractivity contribution < 1.29 is 28.7 Å². The summed E-state index contributed by atoms with van der Waals surface area (Å²) in [6.07, 6.45) is -1.31. The van der Waals surface area contributed by atoms with E-state index in [0.29, 0.717) is 0 Å². The van der Waals surface area contributed by atoms with Gasteiger partial charge in [0.2, 0.25) is 0 Å². The fraction of sp³-hybridized carbons (Fsp3) is 0.750. The zero-order chi connectivity index (χ0) is 20.5. The number of esters is 1. The summed E-state index contributed by atoms with van der Waals surface area (Å²) in [6, 6.07) is -2.14. The lowest BCUT2D eigenvalue weighted by molar-refractivity contribution is -0.147. The molecule has 0 aromatic carbocycles. The van der Waals surface area contributed by atoms with Crippen LogP contribution >= 0.6 is 0 Å². The molecule has 26 heavy (non-hydrogen) atoms. The molecule has 0 heterocycles. The van der Waals surface area contributed by atoms with Gasteiger partial charge in [-0.2, -0.15) is 0 Å².